The fraction of sp³-hybridized carbons (Fsp3) is 0.636. The molecule has 2 rings (SSSR count). The van der Waals surface area contributed by atoms with E-state index in [1.54, 1.807) is 28.4 Å². The van der Waals surface area contributed by atoms with Crippen molar-refractivity contribution in [3.05, 3.63) is 17.7 Å². The van der Waals surface area contributed by atoms with Crippen molar-refractivity contribution in [3.63, 3.8) is 0 Å². The van der Waals surface area contributed by atoms with E-state index in [0.29, 0.717) is 30.2 Å². The van der Waals surface area contributed by atoms with Gasteiger partial charge >= 0.3 is 0 Å². The molecule has 182 valence electrons. The number of amides is 1. The molecule has 10 heteroatoms. The molecule has 0 unspecified atom stereocenters. The van der Waals surface area contributed by atoms with Crippen molar-refractivity contribution in [2.24, 2.45) is 4.99 Å². The van der Waals surface area contributed by atoms with Crippen molar-refractivity contribution in [1.82, 2.24) is 20.4 Å². The Hall–Kier alpha value is -1.95. The normalized spacial score (nSPS) is 14.6. The van der Waals surface area contributed by atoms with E-state index in [4.69, 9.17) is 14.2 Å². The van der Waals surface area contributed by atoms with Crippen LogP contribution in [0.2, 0.25) is 0 Å². The van der Waals surface area contributed by atoms with Crippen molar-refractivity contribution in [2.75, 3.05) is 61.1 Å². The number of rotatable bonds is 9. The van der Waals surface area contributed by atoms with Crippen molar-refractivity contribution < 1.29 is 19.0 Å². The molecule has 1 aliphatic rings. The molecular weight excluding hydrogens is 525 g/mol. The van der Waals surface area contributed by atoms with E-state index in [2.05, 4.69) is 25.4 Å². The highest BCUT2D eigenvalue weighted by molar-refractivity contribution is 14.0. The second-order valence-corrected chi connectivity index (χ2v) is 7.74. The van der Waals surface area contributed by atoms with Crippen LogP contribution in [0.15, 0.2) is 17.1 Å². The predicted octanol–water partition coefficient (Wildman–Crippen LogP) is 1.94. The summed E-state index contributed by atoms with van der Waals surface area (Å²) in [4.78, 5) is 20.8. The van der Waals surface area contributed by atoms with Crippen molar-refractivity contribution in [3.8, 4) is 17.2 Å². The van der Waals surface area contributed by atoms with Gasteiger partial charge < -0.3 is 29.7 Å². The maximum Gasteiger partial charge on any atom is 0.221 e. The molecule has 1 amide bonds. The third-order valence-electron chi connectivity index (χ3n) is 5.10. The van der Waals surface area contributed by atoms with Gasteiger partial charge in [0.05, 0.1) is 21.3 Å². The zero-order valence-corrected chi connectivity index (χ0v) is 22.4. The number of nitrogens with zero attached hydrogens (tertiary/aromatic N) is 3. The van der Waals surface area contributed by atoms with Crippen LogP contribution in [-0.2, 0) is 11.3 Å². The van der Waals surface area contributed by atoms with Crippen molar-refractivity contribution in [2.45, 2.75) is 32.9 Å². The molecule has 0 saturated carbocycles. The highest BCUT2D eigenvalue weighted by Crippen LogP contribution is 2.38. The molecule has 0 aliphatic carbocycles. The van der Waals surface area contributed by atoms with Gasteiger partial charge in [-0.15, -0.1) is 24.0 Å². The van der Waals surface area contributed by atoms with Crippen LogP contribution in [-0.4, -0.2) is 88.8 Å². The van der Waals surface area contributed by atoms with Crippen LogP contribution in [0.1, 0.15) is 25.8 Å². The Morgan fingerprint density at radius 2 is 1.66 bits per heavy atom. The summed E-state index contributed by atoms with van der Waals surface area (Å²) in [7, 11) is 6.64. The van der Waals surface area contributed by atoms with Gasteiger partial charge in [-0.25, -0.2) is 0 Å². The molecule has 0 bridgehead atoms. The molecule has 1 heterocycles. The monoisotopic (exact) mass is 563 g/mol. The van der Waals surface area contributed by atoms with Crippen LogP contribution < -0.4 is 24.8 Å². The van der Waals surface area contributed by atoms with Gasteiger partial charge in [-0.1, -0.05) is 0 Å². The molecule has 0 spiro atoms. The number of carbonyl (C=O) groups is 1. The first-order chi connectivity index (χ1) is 14.9. The number of ether oxygens (including phenoxy) is 3. The number of carbonyl (C=O) groups excluding carboxylic acids is 1. The van der Waals surface area contributed by atoms with Crippen LogP contribution in [0.3, 0.4) is 0 Å². The Balaban J connectivity index is 0.00000512. The molecule has 1 fully saturated rings. The van der Waals surface area contributed by atoms with Gasteiger partial charge in [0.2, 0.25) is 11.7 Å². The Kier molecular flexibility index (Phi) is 12.5. The molecule has 0 atom stereocenters. The third-order valence-corrected chi connectivity index (χ3v) is 5.10. The highest BCUT2D eigenvalue weighted by Gasteiger charge is 2.21. The van der Waals surface area contributed by atoms with E-state index < -0.39 is 0 Å². The molecule has 1 aromatic carbocycles. The summed E-state index contributed by atoms with van der Waals surface area (Å²) in [5, 5.41) is 6.20. The quantitative estimate of drug-likeness (QED) is 0.270. The number of piperazine rings is 1. The standard InChI is InChI=1S/C22H37N5O4.HI/c1-16(2)25-20(28)7-8-24-22(23-3)27-11-9-26(10-12-27)15-17-13-18(29-4)21(31-6)19(14-17)30-5;/h13-14,16H,7-12,15H2,1-6H3,(H,23,24)(H,25,28);1H. The van der Waals surface area contributed by atoms with Gasteiger partial charge in [0.25, 0.3) is 0 Å². The van der Waals surface area contributed by atoms with E-state index in [1.165, 1.54) is 0 Å². The molecule has 0 radical (unpaired) electrons. The van der Waals surface area contributed by atoms with Crippen LogP contribution >= 0.6 is 24.0 Å². The minimum atomic E-state index is 0. The summed E-state index contributed by atoms with van der Waals surface area (Å²) >= 11 is 0. The third kappa shape index (κ3) is 8.19. The zero-order valence-electron chi connectivity index (χ0n) is 20.1. The number of benzene rings is 1. The lowest BCUT2D eigenvalue weighted by molar-refractivity contribution is -0.121. The first-order valence-electron chi connectivity index (χ1n) is 10.7. The first kappa shape index (κ1) is 28.1. The average molecular weight is 563 g/mol. The molecule has 2 N–H and O–H groups in total. The number of guanidine groups is 1. The van der Waals surface area contributed by atoms with Crippen LogP contribution in [0.4, 0.5) is 0 Å². The smallest absolute Gasteiger partial charge is 0.221 e. The molecule has 1 saturated heterocycles. The molecular formula is C22H38IN5O4. The number of hydrogen-bond acceptors (Lipinski definition) is 6. The van der Waals surface area contributed by atoms with Crippen LogP contribution in [0.5, 0.6) is 17.2 Å². The zero-order chi connectivity index (χ0) is 22.8. The fourth-order valence-electron chi connectivity index (χ4n) is 3.62. The maximum absolute atomic E-state index is 11.8. The van der Waals surface area contributed by atoms with Gasteiger partial charge in [0.1, 0.15) is 0 Å². The molecule has 1 aliphatic heterocycles. The largest absolute Gasteiger partial charge is 0.493 e. The molecule has 0 aromatic heterocycles. The number of nitrogens with one attached hydrogen (secondary N) is 2. The molecule has 1 aromatic rings. The summed E-state index contributed by atoms with van der Waals surface area (Å²) in [6.45, 7) is 8.83. The minimum absolute atomic E-state index is 0. The van der Waals surface area contributed by atoms with Gasteiger partial charge in [-0.05, 0) is 31.5 Å². The van der Waals surface area contributed by atoms with Gasteiger partial charge in [-0.3, -0.25) is 14.7 Å². The summed E-state index contributed by atoms with van der Waals surface area (Å²) in [5.74, 6) is 2.83. The van der Waals surface area contributed by atoms with E-state index in [0.717, 1.165) is 44.2 Å². The Morgan fingerprint density at radius 3 is 2.12 bits per heavy atom. The summed E-state index contributed by atoms with van der Waals surface area (Å²) in [6.07, 6.45) is 0.429. The number of halogens is 1. The SMILES string of the molecule is CN=C(NCCC(=O)NC(C)C)N1CCN(Cc2cc(OC)c(OC)c(OC)c2)CC1.I. The van der Waals surface area contributed by atoms with E-state index >= 15 is 0 Å². The first-order valence-corrected chi connectivity index (χ1v) is 10.7. The van der Waals surface area contributed by atoms with E-state index in [-0.39, 0.29) is 35.9 Å². The van der Waals surface area contributed by atoms with Crippen molar-refractivity contribution in [1.29, 1.82) is 0 Å². The van der Waals surface area contributed by atoms with Gasteiger partial charge in [0.15, 0.2) is 17.5 Å². The lowest BCUT2D eigenvalue weighted by atomic mass is 10.1. The topological polar surface area (TPSA) is 87.7 Å². The van der Waals surface area contributed by atoms with Crippen molar-refractivity contribution >= 4 is 35.8 Å². The Labute approximate surface area is 208 Å². The summed E-state index contributed by atoms with van der Waals surface area (Å²) in [5.41, 5.74) is 1.11. The highest BCUT2D eigenvalue weighted by atomic mass is 127. The fourth-order valence-corrected chi connectivity index (χ4v) is 3.62. The Morgan fingerprint density at radius 1 is 1.06 bits per heavy atom. The maximum atomic E-state index is 11.8. The molecule has 9 nitrogen and oxygen atoms in total. The minimum Gasteiger partial charge on any atom is -0.493 e. The second kappa shape index (κ2) is 14.2. The summed E-state index contributed by atoms with van der Waals surface area (Å²) < 4.78 is 16.3. The lowest BCUT2D eigenvalue weighted by Gasteiger charge is -2.36. The lowest BCUT2D eigenvalue weighted by Crippen LogP contribution is -2.52. The average Bonchev–Trinajstić information content (AvgIpc) is 2.76. The second-order valence-electron chi connectivity index (χ2n) is 7.74. The van der Waals surface area contributed by atoms with Gasteiger partial charge in [-0.2, -0.15) is 0 Å². The molecule has 32 heavy (non-hydrogen) atoms. The number of hydrogen-bond donors (Lipinski definition) is 2. The van der Waals surface area contributed by atoms with Crippen LogP contribution in [0, 0.1) is 0 Å². The Bertz CT molecular complexity index is 727. The van der Waals surface area contributed by atoms with Crippen LogP contribution in [0.25, 0.3) is 0 Å². The number of methoxy groups -OCH3 is 3. The van der Waals surface area contributed by atoms with E-state index in [9.17, 15) is 4.79 Å². The summed E-state index contributed by atoms with van der Waals surface area (Å²) in [6, 6.07) is 4.15. The van der Waals surface area contributed by atoms with E-state index in [1.807, 2.05) is 26.0 Å². The van der Waals surface area contributed by atoms with Gasteiger partial charge in [0, 0.05) is 58.8 Å². The predicted molar refractivity (Wildman–Crippen MR) is 138 cm³/mol. The number of aliphatic imine (C=N–C) groups is 1.